The van der Waals surface area contributed by atoms with E-state index in [-0.39, 0.29) is 11.3 Å². The van der Waals surface area contributed by atoms with Crippen molar-refractivity contribution in [1.29, 1.82) is 0 Å². The van der Waals surface area contributed by atoms with Gasteiger partial charge in [0.2, 0.25) is 5.82 Å². The van der Waals surface area contributed by atoms with Crippen LogP contribution in [-0.2, 0) is 0 Å². The first-order chi connectivity index (χ1) is 7.19. The van der Waals surface area contributed by atoms with E-state index in [2.05, 4.69) is 0 Å². The van der Waals surface area contributed by atoms with Crippen LogP contribution >= 0.6 is 0 Å². The molecule has 0 heterocycles. The predicted octanol–water partition coefficient (Wildman–Crippen LogP) is 2.96. The average molecular weight is 214 g/mol. The largest absolute Gasteiger partial charge is 0.490 e. The van der Waals surface area contributed by atoms with E-state index in [1.165, 1.54) is 6.07 Å². The minimum atomic E-state index is -1.06. The molecular formula is C11H12F2O2. The maximum atomic E-state index is 13.1. The summed E-state index contributed by atoms with van der Waals surface area (Å²) in [6.45, 7) is 2.28. The molecule has 0 fully saturated rings. The van der Waals surface area contributed by atoms with Crippen LogP contribution in [-0.4, -0.2) is 12.9 Å². The van der Waals surface area contributed by atoms with Crippen molar-refractivity contribution >= 4 is 6.29 Å². The molecule has 0 amide bonds. The third-order valence-electron chi connectivity index (χ3n) is 1.91. The van der Waals surface area contributed by atoms with Gasteiger partial charge in [-0.05, 0) is 18.6 Å². The summed E-state index contributed by atoms with van der Waals surface area (Å²) < 4.78 is 31.1. The number of hydrogen-bond acceptors (Lipinski definition) is 2. The molecule has 0 N–H and O–H groups in total. The van der Waals surface area contributed by atoms with Gasteiger partial charge in [0.05, 0.1) is 6.61 Å². The molecule has 0 spiro atoms. The molecule has 1 aromatic rings. The van der Waals surface area contributed by atoms with Crippen LogP contribution in [0.3, 0.4) is 0 Å². The second kappa shape index (κ2) is 5.44. The van der Waals surface area contributed by atoms with Gasteiger partial charge in [-0.2, -0.15) is 4.39 Å². The van der Waals surface area contributed by atoms with Gasteiger partial charge in [0.15, 0.2) is 11.6 Å². The molecule has 0 aliphatic carbocycles. The number of hydrogen-bond donors (Lipinski definition) is 0. The fraction of sp³-hybridized carbons (Fsp3) is 0.364. The molecule has 0 radical (unpaired) electrons. The van der Waals surface area contributed by atoms with Crippen molar-refractivity contribution in [1.82, 2.24) is 0 Å². The molecule has 82 valence electrons. The van der Waals surface area contributed by atoms with Crippen molar-refractivity contribution in [2.24, 2.45) is 0 Å². The maximum Gasteiger partial charge on any atom is 0.200 e. The molecule has 0 saturated carbocycles. The van der Waals surface area contributed by atoms with Crippen LogP contribution in [0, 0.1) is 11.6 Å². The molecule has 2 nitrogen and oxygen atoms in total. The molecule has 4 heteroatoms. The van der Waals surface area contributed by atoms with Crippen molar-refractivity contribution in [3.8, 4) is 5.75 Å². The van der Waals surface area contributed by atoms with Crippen LogP contribution in [0.15, 0.2) is 12.1 Å². The van der Waals surface area contributed by atoms with Crippen molar-refractivity contribution in [3.63, 3.8) is 0 Å². The minimum Gasteiger partial charge on any atom is -0.490 e. The van der Waals surface area contributed by atoms with E-state index in [1.807, 2.05) is 6.92 Å². The number of carbonyl (C=O) groups is 1. The Morgan fingerprint density at radius 1 is 1.40 bits per heavy atom. The summed E-state index contributed by atoms with van der Waals surface area (Å²) in [6, 6.07) is 2.04. The van der Waals surface area contributed by atoms with Crippen LogP contribution in [0.5, 0.6) is 5.75 Å². The first kappa shape index (κ1) is 11.6. The molecule has 1 rings (SSSR count). The minimum absolute atomic E-state index is 0.0698. The molecule has 15 heavy (non-hydrogen) atoms. The number of carbonyl (C=O) groups excluding carboxylic acids is 1. The lowest BCUT2D eigenvalue weighted by molar-refractivity contribution is 0.112. The summed E-state index contributed by atoms with van der Waals surface area (Å²) in [5, 5.41) is 0. The van der Waals surface area contributed by atoms with E-state index < -0.39 is 11.6 Å². The molecule has 0 aliphatic rings. The molecule has 0 aliphatic heterocycles. The Morgan fingerprint density at radius 2 is 2.13 bits per heavy atom. The highest BCUT2D eigenvalue weighted by Crippen LogP contribution is 2.21. The van der Waals surface area contributed by atoms with E-state index in [9.17, 15) is 13.6 Å². The Bertz CT molecular complexity index is 351. The Balaban J connectivity index is 2.85. The number of rotatable bonds is 5. The van der Waals surface area contributed by atoms with Gasteiger partial charge in [-0.15, -0.1) is 0 Å². The molecule has 0 atom stereocenters. The summed E-state index contributed by atoms with van der Waals surface area (Å²) in [5.74, 6) is -2.31. The summed E-state index contributed by atoms with van der Waals surface area (Å²) in [4.78, 5) is 10.4. The number of ether oxygens (including phenoxy) is 1. The maximum absolute atomic E-state index is 13.1. The summed E-state index contributed by atoms with van der Waals surface area (Å²) in [6.07, 6.45) is 2.11. The number of benzene rings is 1. The Labute approximate surface area is 86.9 Å². The predicted molar refractivity (Wildman–Crippen MR) is 52.1 cm³/mol. The second-order valence-electron chi connectivity index (χ2n) is 3.13. The monoisotopic (exact) mass is 214 g/mol. The van der Waals surface area contributed by atoms with Crippen molar-refractivity contribution in [2.45, 2.75) is 19.8 Å². The highest BCUT2D eigenvalue weighted by molar-refractivity contribution is 5.75. The van der Waals surface area contributed by atoms with Crippen molar-refractivity contribution in [3.05, 3.63) is 29.3 Å². The standard InChI is InChI=1S/C11H12F2O2/c1-2-3-4-15-10-6-8(7-14)5-9(12)11(10)13/h5-7H,2-4H2,1H3. The zero-order valence-electron chi connectivity index (χ0n) is 8.43. The first-order valence-electron chi connectivity index (χ1n) is 4.76. The van der Waals surface area contributed by atoms with Gasteiger partial charge in [-0.25, -0.2) is 4.39 Å². The van der Waals surface area contributed by atoms with Gasteiger partial charge in [0.25, 0.3) is 0 Å². The highest BCUT2D eigenvalue weighted by Gasteiger charge is 2.11. The van der Waals surface area contributed by atoms with Crippen LogP contribution in [0.4, 0.5) is 8.78 Å². The molecule has 0 saturated heterocycles. The van der Waals surface area contributed by atoms with Crippen LogP contribution in [0.2, 0.25) is 0 Å². The van der Waals surface area contributed by atoms with E-state index in [1.54, 1.807) is 0 Å². The zero-order chi connectivity index (χ0) is 11.3. The zero-order valence-corrected chi connectivity index (χ0v) is 8.43. The third kappa shape index (κ3) is 3.01. The summed E-state index contributed by atoms with van der Waals surface area (Å²) in [5.41, 5.74) is 0.0698. The van der Waals surface area contributed by atoms with Crippen molar-refractivity contribution in [2.75, 3.05) is 6.61 Å². The van der Waals surface area contributed by atoms with Gasteiger partial charge in [-0.1, -0.05) is 13.3 Å². The second-order valence-corrected chi connectivity index (χ2v) is 3.13. The van der Waals surface area contributed by atoms with Crippen molar-refractivity contribution < 1.29 is 18.3 Å². The SMILES string of the molecule is CCCCOc1cc(C=O)cc(F)c1F. The normalized spacial score (nSPS) is 10.1. The lowest BCUT2D eigenvalue weighted by atomic mass is 10.2. The Hall–Kier alpha value is -1.45. The van der Waals surface area contributed by atoms with Gasteiger partial charge < -0.3 is 4.74 Å². The van der Waals surface area contributed by atoms with Gasteiger partial charge in [0, 0.05) is 5.56 Å². The Kier molecular flexibility index (Phi) is 4.21. The van der Waals surface area contributed by atoms with Crippen LogP contribution in [0.25, 0.3) is 0 Å². The smallest absolute Gasteiger partial charge is 0.200 e. The Morgan fingerprint density at radius 3 is 2.73 bits per heavy atom. The van der Waals surface area contributed by atoms with E-state index in [4.69, 9.17) is 4.74 Å². The van der Waals surface area contributed by atoms with Crippen LogP contribution in [0.1, 0.15) is 30.1 Å². The lowest BCUT2D eigenvalue weighted by Crippen LogP contribution is -2.01. The summed E-state index contributed by atoms with van der Waals surface area (Å²) >= 11 is 0. The summed E-state index contributed by atoms with van der Waals surface area (Å²) in [7, 11) is 0. The van der Waals surface area contributed by atoms with Crippen LogP contribution < -0.4 is 4.74 Å². The first-order valence-corrected chi connectivity index (χ1v) is 4.76. The van der Waals surface area contributed by atoms with Gasteiger partial charge in [0.1, 0.15) is 6.29 Å². The molecule has 0 unspecified atom stereocenters. The highest BCUT2D eigenvalue weighted by atomic mass is 19.2. The molecule has 1 aromatic carbocycles. The topological polar surface area (TPSA) is 26.3 Å². The molecule has 0 aromatic heterocycles. The number of aldehydes is 1. The van der Waals surface area contributed by atoms with Gasteiger partial charge in [-0.3, -0.25) is 4.79 Å². The van der Waals surface area contributed by atoms with E-state index >= 15 is 0 Å². The average Bonchev–Trinajstić information content (AvgIpc) is 2.24. The number of halogens is 2. The van der Waals surface area contributed by atoms with E-state index in [0.29, 0.717) is 12.9 Å². The lowest BCUT2D eigenvalue weighted by Gasteiger charge is -2.07. The quantitative estimate of drug-likeness (QED) is 0.556. The third-order valence-corrected chi connectivity index (χ3v) is 1.91. The van der Waals surface area contributed by atoms with E-state index in [0.717, 1.165) is 18.9 Å². The number of unbranched alkanes of at least 4 members (excludes halogenated alkanes) is 1. The fourth-order valence-corrected chi connectivity index (χ4v) is 1.08. The fourth-order valence-electron chi connectivity index (χ4n) is 1.08. The molecule has 0 bridgehead atoms. The molecular weight excluding hydrogens is 202 g/mol. The van der Waals surface area contributed by atoms with Gasteiger partial charge >= 0.3 is 0 Å².